The number of halogens is 1. The van der Waals surface area contributed by atoms with E-state index in [0.29, 0.717) is 13.2 Å². The van der Waals surface area contributed by atoms with Crippen LogP contribution in [0, 0.1) is 13.7 Å². The number of non-ortho nitro benzene ring substituents is 1. The molecule has 2 aromatic rings. The molecule has 5 nitrogen and oxygen atoms in total. The zero-order valence-electron chi connectivity index (χ0n) is 11.5. The molecule has 0 aliphatic heterocycles. The molecule has 2 aromatic carbocycles. The van der Waals surface area contributed by atoms with Crippen LogP contribution in [0.15, 0.2) is 42.5 Å². The van der Waals surface area contributed by atoms with Crippen LogP contribution in [0.25, 0.3) is 0 Å². The average Bonchev–Trinajstić information content (AvgIpc) is 2.46. The Bertz CT molecular complexity index is 647. The fraction of sp³-hybridized carbons (Fsp3) is 0.200. The van der Waals surface area contributed by atoms with Gasteiger partial charge in [0, 0.05) is 35.0 Å². The Morgan fingerprint density at radius 2 is 2.00 bits per heavy atom. The van der Waals surface area contributed by atoms with E-state index in [1.54, 1.807) is 19.2 Å². The van der Waals surface area contributed by atoms with Gasteiger partial charge in [0.1, 0.15) is 0 Å². The van der Waals surface area contributed by atoms with Crippen LogP contribution in [-0.4, -0.2) is 12.0 Å². The predicted octanol–water partition coefficient (Wildman–Crippen LogP) is 3.96. The highest BCUT2D eigenvalue weighted by atomic mass is 127. The van der Waals surface area contributed by atoms with Gasteiger partial charge in [0.05, 0.1) is 11.5 Å². The lowest BCUT2D eigenvalue weighted by atomic mass is 10.1. The van der Waals surface area contributed by atoms with Crippen LogP contribution in [0.1, 0.15) is 11.1 Å². The molecule has 2 rings (SSSR count). The van der Waals surface area contributed by atoms with Crippen molar-refractivity contribution in [3.63, 3.8) is 0 Å². The smallest absolute Gasteiger partial charge is 0.270 e. The van der Waals surface area contributed by atoms with Gasteiger partial charge in [-0.1, -0.05) is 24.3 Å². The van der Waals surface area contributed by atoms with Crippen molar-refractivity contribution in [1.29, 1.82) is 0 Å². The molecule has 1 N–H and O–H groups in total. The minimum absolute atomic E-state index is 0.104. The second kappa shape index (κ2) is 7.37. The van der Waals surface area contributed by atoms with Crippen LogP contribution in [0.2, 0.25) is 0 Å². The third-order valence-electron chi connectivity index (χ3n) is 2.95. The molecule has 21 heavy (non-hydrogen) atoms. The highest BCUT2D eigenvalue weighted by Gasteiger charge is 2.08. The maximum absolute atomic E-state index is 10.7. The maximum Gasteiger partial charge on any atom is 0.270 e. The molecule has 6 heteroatoms. The highest BCUT2D eigenvalue weighted by molar-refractivity contribution is 14.1. The third kappa shape index (κ3) is 4.40. The molecule has 0 aliphatic carbocycles. The first-order valence-corrected chi connectivity index (χ1v) is 7.42. The van der Waals surface area contributed by atoms with Gasteiger partial charge in [0.25, 0.3) is 5.69 Å². The Kier molecular flexibility index (Phi) is 5.51. The van der Waals surface area contributed by atoms with E-state index in [1.165, 1.54) is 6.07 Å². The molecule has 0 atom stereocenters. The molecule has 110 valence electrons. The number of nitro benzene ring substituents is 1. The summed E-state index contributed by atoms with van der Waals surface area (Å²) in [7, 11) is 1.67. The highest BCUT2D eigenvalue weighted by Crippen LogP contribution is 2.24. The van der Waals surface area contributed by atoms with Crippen molar-refractivity contribution in [2.24, 2.45) is 0 Å². The second-order valence-corrected chi connectivity index (χ2v) is 5.69. The van der Waals surface area contributed by atoms with E-state index in [9.17, 15) is 10.1 Å². The van der Waals surface area contributed by atoms with E-state index in [0.717, 1.165) is 20.4 Å². The molecule has 0 radical (unpaired) electrons. The number of ether oxygens (including phenoxy) is 1. The summed E-state index contributed by atoms with van der Waals surface area (Å²) in [5.41, 5.74) is 3.25. The zero-order valence-corrected chi connectivity index (χ0v) is 13.7. The maximum atomic E-state index is 10.7. The van der Waals surface area contributed by atoms with Crippen LogP contribution in [0.4, 0.5) is 11.4 Å². The van der Waals surface area contributed by atoms with E-state index < -0.39 is 0 Å². The third-order valence-corrected chi connectivity index (χ3v) is 3.84. The fourth-order valence-electron chi connectivity index (χ4n) is 1.95. The number of methoxy groups -OCH3 is 1. The molecular formula is C15H15IN2O3. The van der Waals surface area contributed by atoms with Crippen LogP contribution in [0.3, 0.4) is 0 Å². The van der Waals surface area contributed by atoms with Gasteiger partial charge in [-0.3, -0.25) is 10.1 Å². The molecule has 0 heterocycles. The van der Waals surface area contributed by atoms with E-state index in [1.807, 2.05) is 18.2 Å². The van der Waals surface area contributed by atoms with Crippen LogP contribution >= 0.6 is 22.6 Å². The Hall–Kier alpha value is -1.67. The number of benzene rings is 2. The molecule has 0 aromatic heterocycles. The Morgan fingerprint density at radius 3 is 2.67 bits per heavy atom. The lowest BCUT2D eigenvalue weighted by Crippen LogP contribution is -2.02. The molecule has 0 aliphatic rings. The number of nitro groups is 1. The van der Waals surface area contributed by atoms with Gasteiger partial charge in [0.2, 0.25) is 0 Å². The molecule has 0 spiro atoms. The van der Waals surface area contributed by atoms with Crippen molar-refractivity contribution >= 4 is 34.0 Å². The quantitative estimate of drug-likeness (QED) is 0.455. The minimum Gasteiger partial charge on any atom is -0.380 e. The molecule has 0 saturated heterocycles. The van der Waals surface area contributed by atoms with E-state index in [-0.39, 0.29) is 10.6 Å². The van der Waals surface area contributed by atoms with E-state index >= 15 is 0 Å². The van der Waals surface area contributed by atoms with Gasteiger partial charge >= 0.3 is 0 Å². The summed E-state index contributed by atoms with van der Waals surface area (Å²) in [6.07, 6.45) is 0. The normalized spacial score (nSPS) is 10.4. The van der Waals surface area contributed by atoms with Gasteiger partial charge in [-0.2, -0.15) is 0 Å². The fourth-order valence-corrected chi connectivity index (χ4v) is 2.64. The molecule has 0 unspecified atom stereocenters. The predicted molar refractivity (Wildman–Crippen MR) is 90.3 cm³/mol. The Balaban J connectivity index is 2.06. The van der Waals surface area contributed by atoms with Crippen molar-refractivity contribution in [2.75, 3.05) is 12.4 Å². The van der Waals surface area contributed by atoms with Crippen molar-refractivity contribution in [3.8, 4) is 0 Å². The Morgan fingerprint density at radius 1 is 1.24 bits per heavy atom. The molecule has 0 bridgehead atoms. The largest absolute Gasteiger partial charge is 0.380 e. The summed E-state index contributed by atoms with van der Waals surface area (Å²) < 4.78 is 5.94. The standard InChI is InChI=1S/C15H15IN2O3/c1-21-10-12-4-2-3-11(7-12)9-17-15-6-5-13(18(19)20)8-14(15)16/h2-8,17H,9-10H2,1H3. The van der Waals surface area contributed by atoms with E-state index in [4.69, 9.17) is 4.74 Å². The first-order valence-electron chi connectivity index (χ1n) is 6.34. The average molecular weight is 398 g/mol. The first-order chi connectivity index (χ1) is 10.1. The van der Waals surface area contributed by atoms with Crippen molar-refractivity contribution in [2.45, 2.75) is 13.2 Å². The van der Waals surface area contributed by atoms with Crippen LogP contribution in [-0.2, 0) is 17.9 Å². The monoisotopic (exact) mass is 398 g/mol. The number of anilines is 1. The second-order valence-electron chi connectivity index (χ2n) is 4.53. The SMILES string of the molecule is COCc1cccc(CNc2ccc([N+](=O)[O-])cc2I)c1. The van der Waals surface area contributed by atoms with Gasteiger partial charge in [-0.25, -0.2) is 0 Å². The van der Waals surface area contributed by atoms with Crippen molar-refractivity contribution in [1.82, 2.24) is 0 Å². The van der Waals surface area contributed by atoms with Crippen molar-refractivity contribution in [3.05, 3.63) is 67.3 Å². The summed E-state index contributed by atoms with van der Waals surface area (Å²) in [4.78, 5) is 10.3. The van der Waals surface area contributed by atoms with Gasteiger partial charge in [-0.15, -0.1) is 0 Å². The summed E-state index contributed by atoms with van der Waals surface area (Å²) >= 11 is 2.10. The van der Waals surface area contributed by atoms with Gasteiger partial charge in [-0.05, 0) is 39.8 Å². The lowest BCUT2D eigenvalue weighted by Gasteiger charge is -2.09. The summed E-state index contributed by atoms with van der Waals surface area (Å²) in [6, 6.07) is 12.9. The zero-order chi connectivity index (χ0) is 15.2. The van der Waals surface area contributed by atoms with Crippen LogP contribution in [0.5, 0.6) is 0 Å². The number of hydrogen-bond acceptors (Lipinski definition) is 4. The summed E-state index contributed by atoms with van der Waals surface area (Å²) in [5.74, 6) is 0. The molecular weight excluding hydrogens is 383 g/mol. The molecule has 0 amide bonds. The lowest BCUT2D eigenvalue weighted by molar-refractivity contribution is -0.384. The summed E-state index contributed by atoms with van der Waals surface area (Å²) in [6.45, 7) is 1.24. The molecule has 0 fully saturated rings. The van der Waals surface area contributed by atoms with E-state index in [2.05, 4.69) is 34.0 Å². The number of nitrogens with one attached hydrogen (secondary N) is 1. The number of rotatable bonds is 6. The Labute approximate surface area is 136 Å². The molecule has 0 saturated carbocycles. The first kappa shape index (κ1) is 15.7. The number of nitrogens with zero attached hydrogens (tertiary/aromatic N) is 1. The van der Waals surface area contributed by atoms with Crippen LogP contribution < -0.4 is 5.32 Å². The van der Waals surface area contributed by atoms with Gasteiger partial charge < -0.3 is 10.1 Å². The van der Waals surface area contributed by atoms with Crippen molar-refractivity contribution < 1.29 is 9.66 Å². The number of hydrogen-bond donors (Lipinski definition) is 1. The summed E-state index contributed by atoms with van der Waals surface area (Å²) in [5, 5.41) is 14.0. The van der Waals surface area contributed by atoms with Gasteiger partial charge in [0.15, 0.2) is 0 Å². The minimum atomic E-state index is -0.389. The topological polar surface area (TPSA) is 64.4 Å².